The van der Waals surface area contributed by atoms with Gasteiger partial charge in [0.2, 0.25) is 0 Å². The molecule has 0 radical (unpaired) electrons. The summed E-state index contributed by atoms with van der Waals surface area (Å²) in [6.45, 7) is 0. The zero-order chi connectivity index (χ0) is 30.4. The van der Waals surface area contributed by atoms with Crippen molar-refractivity contribution in [1.82, 2.24) is 20.0 Å². The van der Waals surface area contributed by atoms with Gasteiger partial charge in [-0.2, -0.15) is 10.5 Å². The second-order valence-corrected chi connectivity index (χ2v) is 11.4. The summed E-state index contributed by atoms with van der Waals surface area (Å²) >= 11 is 6.80. The Morgan fingerprint density at radius 2 is 1.84 bits per heavy atom. The fourth-order valence-corrected chi connectivity index (χ4v) is 5.78. The highest BCUT2D eigenvalue weighted by Gasteiger charge is 2.44. The second-order valence-electron chi connectivity index (χ2n) is 11.0. The fraction of sp³-hybridized carbons (Fsp3) is 0.242. The lowest BCUT2D eigenvalue weighted by atomic mass is 9.99. The van der Waals surface area contributed by atoms with E-state index in [0.29, 0.717) is 44.1 Å². The van der Waals surface area contributed by atoms with Gasteiger partial charge >= 0.3 is 0 Å². The molecule has 2 N–H and O–H groups in total. The number of halogens is 2. The minimum Gasteiger partial charge on any atom is -0.376 e. The van der Waals surface area contributed by atoms with E-state index in [4.69, 9.17) is 11.6 Å². The first-order valence-corrected chi connectivity index (χ1v) is 14.5. The molecular formula is C33H26ClFN8. The van der Waals surface area contributed by atoms with Crippen LogP contribution in [-0.4, -0.2) is 20.0 Å². The maximum Gasteiger partial charge on any atom is 0.123 e. The van der Waals surface area contributed by atoms with Crippen LogP contribution in [0.5, 0.6) is 0 Å². The first-order valence-electron chi connectivity index (χ1n) is 14.6. The quantitative estimate of drug-likeness (QED) is 0.185. The van der Waals surface area contributed by atoms with E-state index in [0.717, 1.165) is 24.8 Å². The van der Waals surface area contributed by atoms with Crippen LogP contribution >= 0.6 is 11.6 Å². The Morgan fingerprint density at radius 1 is 1.05 bits per heavy atom. The van der Waals surface area contributed by atoms with Crippen molar-refractivity contribution in [3.8, 4) is 12.1 Å². The Morgan fingerprint density at radius 3 is 2.53 bits per heavy atom. The van der Waals surface area contributed by atoms with Gasteiger partial charge < -0.3 is 10.6 Å². The number of benzene rings is 3. The molecule has 4 atom stereocenters. The summed E-state index contributed by atoms with van der Waals surface area (Å²) in [6.07, 6.45) is 5.99. The molecule has 2 aromatic heterocycles. The summed E-state index contributed by atoms with van der Waals surface area (Å²) in [4.78, 5) is 4.49. The molecule has 0 saturated heterocycles. The summed E-state index contributed by atoms with van der Waals surface area (Å²) < 4.78 is 25.3. The third kappa shape index (κ3) is 5.36. The van der Waals surface area contributed by atoms with E-state index in [9.17, 15) is 16.3 Å². The Balaban J connectivity index is 1.33. The van der Waals surface area contributed by atoms with Gasteiger partial charge in [-0.25, -0.2) is 9.07 Å². The van der Waals surface area contributed by atoms with Gasteiger partial charge in [-0.15, -0.1) is 5.10 Å². The molecule has 0 bridgehead atoms. The van der Waals surface area contributed by atoms with Crippen molar-refractivity contribution in [2.24, 2.45) is 11.8 Å². The number of hydrogen-bond donors (Lipinski definition) is 2. The zero-order valence-electron chi connectivity index (χ0n) is 23.9. The number of nitrogens with zero attached hydrogens (tertiary/aromatic N) is 6. The van der Waals surface area contributed by atoms with Crippen molar-refractivity contribution < 1.29 is 5.76 Å². The summed E-state index contributed by atoms with van der Waals surface area (Å²) in [6, 6.07) is 22.0. The van der Waals surface area contributed by atoms with E-state index >= 15 is 0 Å². The van der Waals surface area contributed by atoms with Crippen LogP contribution < -0.4 is 10.6 Å². The highest BCUT2D eigenvalue weighted by molar-refractivity contribution is 6.35. The van der Waals surface area contributed by atoms with Gasteiger partial charge in [0.15, 0.2) is 0 Å². The lowest BCUT2D eigenvalue weighted by molar-refractivity contribution is 0.610. The van der Waals surface area contributed by atoms with E-state index in [-0.39, 0.29) is 23.9 Å². The number of nitriles is 2. The van der Waals surface area contributed by atoms with Crippen molar-refractivity contribution >= 4 is 33.9 Å². The Kier molecular flexibility index (Phi) is 6.58. The molecular weight excluding hydrogens is 563 g/mol. The Bertz CT molecular complexity index is 1950. The van der Waals surface area contributed by atoms with Crippen LogP contribution in [0.1, 0.15) is 61.1 Å². The molecule has 0 amide bonds. The van der Waals surface area contributed by atoms with Gasteiger partial charge in [0.25, 0.3) is 0 Å². The first-order chi connectivity index (χ1) is 21.4. The molecule has 8 nitrogen and oxygen atoms in total. The molecule has 3 unspecified atom stereocenters. The van der Waals surface area contributed by atoms with Crippen LogP contribution in [0.25, 0.3) is 10.9 Å². The van der Waals surface area contributed by atoms with Crippen LogP contribution in [0.2, 0.25) is 5.02 Å². The van der Waals surface area contributed by atoms with Gasteiger partial charge in [0.1, 0.15) is 17.6 Å². The molecule has 3 aromatic carbocycles. The van der Waals surface area contributed by atoms with E-state index in [1.54, 1.807) is 35.1 Å². The van der Waals surface area contributed by atoms with E-state index < -0.39 is 11.8 Å². The van der Waals surface area contributed by atoms with Crippen LogP contribution in [0, 0.1) is 40.3 Å². The predicted octanol–water partition coefficient (Wildman–Crippen LogP) is 7.34. The number of hydrogen-bond acceptors (Lipinski definition) is 7. The first kappa shape index (κ1) is 25.7. The molecule has 0 aliphatic heterocycles. The Hall–Kier alpha value is -4.99. The van der Waals surface area contributed by atoms with E-state index in [2.05, 4.69) is 38.1 Å². The minimum absolute atomic E-state index is 0.0717. The average molecular weight is 590 g/mol. The van der Waals surface area contributed by atoms with Crippen molar-refractivity contribution in [3.63, 3.8) is 0 Å². The number of pyridine rings is 1. The van der Waals surface area contributed by atoms with E-state index in [1.807, 2.05) is 30.3 Å². The monoisotopic (exact) mass is 589 g/mol. The van der Waals surface area contributed by atoms with Gasteiger partial charge in [-0.05, 0) is 54.7 Å². The predicted molar refractivity (Wildman–Crippen MR) is 162 cm³/mol. The summed E-state index contributed by atoms with van der Waals surface area (Å²) in [5.41, 5.74) is 3.62. The fourth-order valence-electron chi connectivity index (χ4n) is 5.51. The molecule has 212 valence electrons. The molecule has 0 spiro atoms. The standard InChI is InChI=1S/C33H26ClFN8/c34-28-14-24(39-32(20-6-8-23(35)9-7-20)29-18-43(42-41-29)25-10-11-25)13-27-31(22(16-37)17-38-33(27)28)40-30(26-12-21(26)15-36)19-4-2-1-3-5-19/h1-9,13-14,17-18,21,25-26,30,32,39H,10-12H2,(H,38,40)/t21-,26?,30?,32?/m0/s1/i32D. The van der Waals surface area contributed by atoms with Crippen LogP contribution in [-0.2, 0) is 0 Å². The molecule has 5 aromatic rings. The smallest absolute Gasteiger partial charge is 0.123 e. The van der Waals surface area contributed by atoms with Crippen LogP contribution in [0.15, 0.2) is 79.1 Å². The molecule has 43 heavy (non-hydrogen) atoms. The van der Waals surface area contributed by atoms with Crippen molar-refractivity contribution in [2.75, 3.05) is 10.6 Å². The largest absolute Gasteiger partial charge is 0.376 e. The third-order valence-corrected chi connectivity index (χ3v) is 8.32. The number of fused-ring (bicyclic) bond motifs is 1. The molecule has 7 rings (SSSR count). The van der Waals surface area contributed by atoms with Crippen molar-refractivity contribution in [3.05, 3.63) is 112 Å². The number of rotatable bonds is 9. The van der Waals surface area contributed by atoms with Gasteiger partial charge in [-0.3, -0.25) is 4.98 Å². The molecule has 2 saturated carbocycles. The maximum absolute atomic E-state index is 13.9. The third-order valence-electron chi connectivity index (χ3n) is 8.03. The number of anilines is 2. The maximum atomic E-state index is 13.9. The normalized spacial score (nSPS) is 19.9. The molecule has 2 heterocycles. The molecule has 2 aliphatic carbocycles. The summed E-state index contributed by atoms with van der Waals surface area (Å²) in [5, 5.41) is 36.1. The lowest BCUT2D eigenvalue weighted by Gasteiger charge is -2.23. The topological polar surface area (TPSA) is 115 Å². The highest BCUT2D eigenvalue weighted by atomic mass is 35.5. The van der Waals surface area contributed by atoms with Gasteiger partial charge in [-0.1, -0.05) is 59.3 Å². The Labute approximate surface area is 254 Å². The summed E-state index contributed by atoms with van der Waals surface area (Å²) in [5.74, 6) is -0.433. The molecule has 10 heteroatoms. The SMILES string of the molecule is [2H]C(Nc1cc(Cl)c2ncc(C#N)c(NC(c3ccccc3)C3C[C@H]3C#N)c2c1)(c1ccc(F)cc1)c1cn(C2CC2)nn1. The minimum atomic E-state index is -1.65. The lowest BCUT2D eigenvalue weighted by Crippen LogP contribution is -2.16. The van der Waals surface area contributed by atoms with Gasteiger partial charge in [0.05, 0.1) is 59.4 Å². The number of nitrogens with one attached hydrogen (secondary N) is 2. The second kappa shape index (κ2) is 11.0. The number of aromatic nitrogens is 4. The summed E-state index contributed by atoms with van der Waals surface area (Å²) in [7, 11) is 0. The van der Waals surface area contributed by atoms with E-state index in [1.165, 1.54) is 18.3 Å². The highest BCUT2D eigenvalue weighted by Crippen LogP contribution is 2.49. The zero-order valence-corrected chi connectivity index (χ0v) is 23.6. The average Bonchev–Trinajstić information content (AvgIpc) is 3.98. The van der Waals surface area contributed by atoms with Crippen molar-refractivity contribution in [2.45, 2.75) is 37.4 Å². The molecule has 2 aliphatic rings. The van der Waals surface area contributed by atoms with Crippen molar-refractivity contribution in [1.29, 1.82) is 10.5 Å². The van der Waals surface area contributed by atoms with Crippen LogP contribution in [0.3, 0.4) is 0 Å². The van der Waals surface area contributed by atoms with Crippen LogP contribution in [0.4, 0.5) is 15.8 Å². The van der Waals surface area contributed by atoms with Gasteiger partial charge in [0, 0.05) is 23.2 Å². The molecule has 2 fully saturated rings.